The highest BCUT2D eigenvalue weighted by Crippen LogP contribution is 2.23. The van der Waals surface area contributed by atoms with E-state index in [1.807, 2.05) is 6.07 Å². The lowest BCUT2D eigenvalue weighted by Crippen LogP contribution is -2.12. The zero-order valence-electron chi connectivity index (χ0n) is 11.7. The number of Topliss-reactive ketones (excluding diaryl/α,β-unsaturated/α-hetero) is 1. The van der Waals surface area contributed by atoms with Gasteiger partial charge in [0, 0.05) is 18.1 Å². The summed E-state index contributed by atoms with van der Waals surface area (Å²) >= 11 is 0. The first-order valence-corrected chi connectivity index (χ1v) is 6.97. The van der Waals surface area contributed by atoms with Crippen molar-refractivity contribution in [3.63, 3.8) is 0 Å². The average molecular weight is 279 g/mol. The Bertz CT molecular complexity index is 494. The molecular weight excluding hydrogens is 260 g/mol. The van der Waals surface area contributed by atoms with Gasteiger partial charge in [0.15, 0.2) is 5.78 Å². The number of unbranched alkanes of at least 4 members (excludes halogenated alkanes) is 4. The summed E-state index contributed by atoms with van der Waals surface area (Å²) < 4.78 is 26.4. The number of carbonyl (C=O) groups excluding carboxylic acids is 1. The first kappa shape index (κ1) is 16.3. The Balaban J connectivity index is 2.62. The van der Waals surface area contributed by atoms with Crippen LogP contribution in [0.1, 0.15) is 56.9 Å². The van der Waals surface area contributed by atoms with E-state index in [-0.39, 0.29) is 17.8 Å². The molecule has 108 valence electrons. The van der Waals surface area contributed by atoms with Crippen molar-refractivity contribution in [2.45, 2.75) is 51.4 Å². The maximum atomic E-state index is 13.6. The summed E-state index contributed by atoms with van der Waals surface area (Å²) in [6.07, 6.45) is 5.21. The van der Waals surface area contributed by atoms with E-state index in [2.05, 4.69) is 6.92 Å². The van der Waals surface area contributed by atoms with E-state index in [1.54, 1.807) is 0 Å². The highest BCUT2D eigenvalue weighted by atomic mass is 19.1. The summed E-state index contributed by atoms with van der Waals surface area (Å²) in [6.45, 7) is 2.11. The van der Waals surface area contributed by atoms with Crippen LogP contribution in [0.15, 0.2) is 18.2 Å². The number of rotatable bonds is 8. The molecular formula is C16H19F2NO. The highest BCUT2D eigenvalue weighted by Gasteiger charge is 2.23. The van der Waals surface area contributed by atoms with Gasteiger partial charge >= 0.3 is 0 Å². The van der Waals surface area contributed by atoms with Crippen LogP contribution in [-0.2, 0) is 4.79 Å². The molecule has 20 heavy (non-hydrogen) atoms. The van der Waals surface area contributed by atoms with Gasteiger partial charge in [-0.2, -0.15) is 5.26 Å². The molecule has 0 aliphatic heterocycles. The van der Waals surface area contributed by atoms with Gasteiger partial charge in [0.2, 0.25) is 0 Å². The van der Waals surface area contributed by atoms with Gasteiger partial charge in [-0.25, -0.2) is 8.78 Å². The van der Waals surface area contributed by atoms with Crippen molar-refractivity contribution >= 4 is 5.78 Å². The molecule has 0 radical (unpaired) electrons. The van der Waals surface area contributed by atoms with Gasteiger partial charge in [-0.1, -0.05) is 38.7 Å². The Morgan fingerprint density at radius 3 is 2.55 bits per heavy atom. The normalized spacial score (nSPS) is 11.9. The van der Waals surface area contributed by atoms with Crippen molar-refractivity contribution < 1.29 is 13.6 Å². The predicted molar refractivity (Wildman–Crippen MR) is 73.1 cm³/mol. The average Bonchev–Trinajstić information content (AvgIpc) is 2.41. The van der Waals surface area contributed by atoms with Gasteiger partial charge in [-0.05, 0) is 12.5 Å². The van der Waals surface area contributed by atoms with Crippen molar-refractivity contribution in [1.29, 1.82) is 5.26 Å². The molecule has 1 aromatic rings. The van der Waals surface area contributed by atoms with Crippen LogP contribution in [0.4, 0.5) is 8.78 Å². The second-order valence-electron chi connectivity index (χ2n) is 4.86. The summed E-state index contributed by atoms with van der Waals surface area (Å²) in [4.78, 5) is 12.0. The van der Waals surface area contributed by atoms with Crippen molar-refractivity contribution in [2.75, 3.05) is 0 Å². The molecule has 0 saturated carbocycles. The van der Waals surface area contributed by atoms with Crippen LogP contribution < -0.4 is 0 Å². The Morgan fingerprint density at radius 2 is 1.95 bits per heavy atom. The molecule has 0 heterocycles. The summed E-state index contributed by atoms with van der Waals surface area (Å²) in [5.74, 6) is -2.98. The van der Waals surface area contributed by atoms with Crippen molar-refractivity contribution in [2.24, 2.45) is 0 Å². The molecule has 0 aliphatic carbocycles. The number of nitrogens with zero attached hydrogens (tertiary/aromatic N) is 1. The van der Waals surface area contributed by atoms with Crippen LogP contribution in [0.3, 0.4) is 0 Å². The van der Waals surface area contributed by atoms with Crippen LogP contribution in [0.25, 0.3) is 0 Å². The maximum Gasteiger partial charge on any atom is 0.154 e. The first-order chi connectivity index (χ1) is 9.60. The molecule has 1 atom stereocenters. The van der Waals surface area contributed by atoms with Gasteiger partial charge in [0.25, 0.3) is 0 Å². The molecule has 0 saturated heterocycles. The minimum absolute atomic E-state index is 0.0348. The SMILES string of the molecule is CCCCCCCC(=O)C(C#N)c1ccc(F)cc1F. The molecule has 1 unspecified atom stereocenters. The number of benzene rings is 1. The fourth-order valence-electron chi connectivity index (χ4n) is 2.10. The minimum atomic E-state index is -1.14. The largest absolute Gasteiger partial charge is 0.298 e. The van der Waals surface area contributed by atoms with Gasteiger partial charge in [0.05, 0.1) is 6.07 Å². The molecule has 0 aromatic heterocycles. The van der Waals surface area contributed by atoms with E-state index in [4.69, 9.17) is 5.26 Å². The number of ketones is 1. The number of carbonyl (C=O) groups is 1. The molecule has 1 rings (SSSR count). The molecule has 1 aromatic carbocycles. The highest BCUT2D eigenvalue weighted by molar-refractivity contribution is 5.88. The maximum absolute atomic E-state index is 13.6. The molecule has 0 spiro atoms. The second kappa shape index (κ2) is 8.42. The molecule has 0 bridgehead atoms. The smallest absolute Gasteiger partial charge is 0.154 e. The third-order valence-corrected chi connectivity index (χ3v) is 3.25. The zero-order chi connectivity index (χ0) is 15.0. The van der Waals surface area contributed by atoms with E-state index in [9.17, 15) is 13.6 Å². The predicted octanol–water partition coefficient (Wildman–Crippen LogP) is 4.50. The number of hydrogen-bond acceptors (Lipinski definition) is 2. The van der Waals surface area contributed by atoms with E-state index in [0.717, 1.165) is 31.7 Å². The van der Waals surface area contributed by atoms with Crippen molar-refractivity contribution in [3.8, 4) is 6.07 Å². The van der Waals surface area contributed by atoms with Crippen LogP contribution in [0.5, 0.6) is 0 Å². The molecule has 4 heteroatoms. The third-order valence-electron chi connectivity index (χ3n) is 3.25. The molecule has 0 N–H and O–H groups in total. The second-order valence-corrected chi connectivity index (χ2v) is 4.86. The lowest BCUT2D eigenvalue weighted by atomic mass is 9.92. The molecule has 0 amide bonds. The minimum Gasteiger partial charge on any atom is -0.298 e. The Kier molecular flexibility index (Phi) is 6.86. The summed E-state index contributed by atoms with van der Waals surface area (Å²) in [7, 11) is 0. The Labute approximate surface area is 118 Å². The van der Waals surface area contributed by atoms with Crippen molar-refractivity contribution in [1.82, 2.24) is 0 Å². The van der Waals surface area contributed by atoms with E-state index in [1.165, 1.54) is 6.07 Å². The van der Waals surface area contributed by atoms with Gasteiger partial charge in [0.1, 0.15) is 17.6 Å². The van der Waals surface area contributed by atoms with Crippen LogP contribution in [0.2, 0.25) is 0 Å². The standard InChI is InChI=1S/C16H19F2NO/c1-2-3-4-5-6-7-16(20)14(11-19)13-9-8-12(17)10-15(13)18/h8-10,14H,2-7H2,1H3. The molecule has 0 aliphatic rings. The van der Waals surface area contributed by atoms with E-state index < -0.39 is 17.6 Å². The van der Waals surface area contributed by atoms with E-state index >= 15 is 0 Å². The van der Waals surface area contributed by atoms with Crippen LogP contribution in [0, 0.1) is 23.0 Å². The van der Waals surface area contributed by atoms with Crippen LogP contribution in [-0.4, -0.2) is 5.78 Å². The fraction of sp³-hybridized carbons (Fsp3) is 0.500. The monoisotopic (exact) mass is 279 g/mol. The Morgan fingerprint density at radius 1 is 1.25 bits per heavy atom. The number of halogens is 2. The lowest BCUT2D eigenvalue weighted by Gasteiger charge is -2.09. The van der Waals surface area contributed by atoms with E-state index in [0.29, 0.717) is 12.5 Å². The van der Waals surface area contributed by atoms with Gasteiger partial charge in [-0.15, -0.1) is 0 Å². The topological polar surface area (TPSA) is 40.9 Å². The van der Waals surface area contributed by atoms with Gasteiger partial charge in [-0.3, -0.25) is 4.79 Å². The quantitative estimate of drug-likeness (QED) is 0.657. The summed E-state index contributed by atoms with van der Waals surface area (Å²) in [6, 6.07) is 4.76. The summed E-state index contributed by atoms with van der Waals surface area (Å²) in [5.41, 5.74) is -0.0348. The number of hydrogen-bond donors (Lipinski definition) is 0. The van der Waals surface area contributed by atoms with Crippen molar-refractivity contribution in [3.05, 3.63) is 35.4 Å². The Hall–Kier alpha value is -1.76. The zero-order valence-corrected chi connectivity index (χ0v) is 11.7. The lowest BCUT2D eigenvalue weighted by molar-refractivity contribution is -0.119. The van der Waals surface area contributed by atoms with Crippen LogP contribution >= 0.6 is 0 Å². The number of nitriles is 1. The van der Waals surface area contributed by atoms with Gasteiger partial charge < -0.3 is 0 Å². The first-order valence-electron chi connectivity index (χ1n) is 6.97. The molecule has 0 fully saturated rings. The fourth-order valence-corrected chi connectivity index (χ4v) is 2.10. The third kappa shape index (κ3) is 4.73. The molecule has 2 nitrogen and oxygen atoms in total. The summed E-state index contributed by atoms with van der Waals surface area (Å²) in [5, 5.41) is 9.05.